The molecule has 0 spiro atoms. The van der Waals surface area contributed by atoms with Crippen molar-refractivity contribution >= 4 is 17.7 Å². The highest BCUT2D eigenvalue weighted by Gasteiger charge is 2.42. The highest BCUT2D eigenvalue weighted by atomic mass is 32.2. The fraction of sp³-hybridized carbons (Fsp3) is 0.929. The summed E-state index contributed by atoms with van der Waals surface area (Å²) in [5, 5.41) is 13.3. The number of carbonyl (C=O) groups is 1. The topological polar surface area (TPSA) is 49.3 Å². The molecule has 106 valence electrons. The Morgan fingerprint density at radius 2 is 2.28 bits per heavy atom. The summed E-state index contributed by atoms with van der Waals surface area (Å²) >= 11 is 1.96. The van der Waals surface area contributed by atoms with Gasteiger partial charge in [0.1, 0.15) is 5.54 Å². The molecule has 0 heterocycles. The molecule has 18 heavy (non-hydrogen) atoms. The zero-order chi connectivity index (χ0) is 13.6. The van der Waals surface area contributed by atoms with Crippen molar-refractivity contribution in [3.05, 3.63) is 0 Å². The van der Waals surface area contributed by atoms with Crippen molar-refractivity contribution < 1.29 is 9.90 Å². The van der Waals surface area contributed by atoms with Gasteiger partial charge in [-0.25, -0.2) is 0 Å². The van der Waals surface area contributed by atoms with Gasteiger partial charge < -0.3 is 10.4 Å². The molecule has 0 saturated heterocycles. The third-order valence-corrected chi connectivity index (χ3v) is 5.23. The van der Waals surface area contributed by atoms with Gasteiger partial charge in [0.2, 0.25) is 0 Å². The van der Waals surface area contributed by atoms with Crippen LogP contribution in [0.5, 0.6) is 0 Å². The van der Waals surface area contributed by atoms with Crippen molar-refractivity contribution in [2.45, 2.75) is 63.7 Å². The van der Waals surface area contributed by atoms with Crippen LogP contribution in [0, 0.1) is 5.92 Å². The molecule has 0 amide bonds. The van der Waals surface area contributed by atoms with Gasteiger partial charge in [-0.3, -0.25) is 4.79 Å². The first kappa shape index (κ1) is 15.8. The molecule has 3 nitrogen and oxygen atoms in total. The minimum Gasteiger partial charge on any atom is -0.480 e. The van der Waals surface area contributed by atoms with Crippen LogP contribution in [0.15, 0.2) is 0 Å². The summed E-state index contributed by atoms with van der Waals surface area (Å²) in [4.78, 5) is 11.6. The lowest BCUT2D eigenvalue weighted by molar-refractivity contribution is -0.146. The molecule has 0 bridgehead atoms. The summed E-state index contributed by atoms with van der Waals surface area (Å²) < 4.78 is 0. The van der Waals surface area contributed by atoms with Crippen molar-refractivity contribution in [1.82, 2.24) is 5.32 Å². The highest BCUT2D eigenvalue weighted by molar-refractivity contribution is 7.99. The normalized spacial score (nSPS) is 28.6. The lowest BCUT2D eigenvalue weighted by Crippen LogP contribution is -2.55. The summed E-state index contributed by atoms with van der Waals surface area (Å²) in [6.45, 7) is 7.31. The van der Waals surface area contributed by atoms with E-state index in [9.17, 15) is 9.90 Å². The molecule has 4 heteroatoms. The van der Waals surface area contributed by atoms with Gasteiger partial charge >= 0.3 is 5.97 Å². The van der Waals surface area contributed by atoms with Crippen LogP contribution in [0.1, 0.15) is 52.9 Å². The summed E-state index contributed by atoms with van der Waals surface area (Å²) in [5.74, 6) is 1.15. The van der Waals surface area contributed by atoms with E-state index in [2.05, 4.69) is 26.1 Å². The van der Waals surface area contributed by atoms with Crippen LogP contribution < -0.4 is 5.32 Å². The summed E-state index contributed by atoms with van der Waals surface area (Å²) in [7, 11) is 0. The first-order chi connectivity index (χ1) is 8.50. The van der Waals surface area contributed by atoms with Gasteiger partial charge in [-0.1, -0.05) is 20.8 Å². The minimum atomic E-state index is -0.664. The average molecular weight is 273 g/mol. The molecule has 1 saturated carbocycles. The van der Waals surface area contributed by atoms with Gasteiger partial charge in [0.05, 0.1) is 0 Å². The van der Waals surface area contributed by atoms with Gasteiger partial charge in [0.15, 0.2) is 0 Å². The monoisotopic (exact) mass is 273 g/mol. The molecule has 2 unspecified atom stereocenters. The molecule has 1 fully saturated rings. The van der Waals surface area contributed by atoms with Crippen molar-refractivity contribution in [3.8, 4) is 0 Å². The quantitative estimate of drug-likeness (QED) is 0.748. The predicted molar refractivity (Wildman–Crippen MR) is 78.2 cm³/mol. The van der Waals surface area contributed by atoms with E-state index >= 15 is 0 Å². The number of carboxylic acids is 1. The molecule has 0 aromatic rings. The Bertz CT molecular complexity index is 271. The highest BCUT2D eigenvalue weighted by Crippen LogP contribution is 2.36. The Hall–Kier alpha value is -0.220. The van der Waals surface area contributed by atoms with E-state index < -0.39 is 11.5 Å². The van der Waals surface area contributed by atoms with Crippen LogP contribution in [0.3, 0.4) is 0 Å². The molecular weight excluding hydrogens is 246 g/mol. The molecule has 0 aromatic heterocycles. The van der Waals surface area contributed by atoms with Gasteiger partial charge in [0, 0.05) is 5.25 Å². The van der Waals surface area contributed by atoms with E-state index in [-0.39, 0.29) is 0 Å². The number of thioether (sulfide) groups is 1. The maximum Gasteiger partial charge on any atom is 0.323 e. The van der Waals surface area contributed by atoms with E-state index in [1.54, 1.807) is 0 Å². The Morgan fingerprint density at radius 3 is 2.83 bits per heavy atom. The van der Waals surface area contributed by atoms with Crippen molar-refractivity contribution in [1.29, 1.82) is 0 Å². The second kappa shape index (κ2) is 7.39. The van der Waals surface area contributed by atoms with E-state index in [1.165, 1.54) is 6.42 Å². The Balaban J connectivity index is 2.58. The van der Waals surface area contributed by atoms with Crippen molar-refractivity contribution in [3.63, 3.8) is 0 Å². The zero-order valence-corrected chi connectivity index (χ0v) is 12.7. The molecule has 0 aliphatic heterocycles. The number of hydrogen-bond donors (Lipinski definition) is 2. The van der Waals surface area contributed by atoms with Gasteiger partial charge in [-0.05, 0) is 50.3 Å². The lowest BCUT2D eigenvalue weighted by Gasteiger charge is -2.38. The molecule has 0 radical (unpaired) electrons. The average Bonchev–Trinajstić information content (AvgIpc) is 2.34. The van der Waals surface area contributed by atoms with Gasteiger partial charge in [-0.15, -0.1) is 0 Å². The molecule has 2 atom stereocenters. The van der Waals surface area contributed by atoms with E-state index in [4.69, 9.17) is 0 Å². The first-order valence-electron chi connectivity index (χ1n) is 7.10. The molecule has 1 aliphatic carbocycles. The maximum atomic E-state index is 11.6. The lowest BCUT2D eigenvalue weighted by atomic mass is 9.81. The van der Waals surface area contributed by atoms with Crippen molar-refractivity contribution in [2.75, 3.05) is 12.3 Å². The first-order valence-corrected chi connectivity index (χ1v) is 8.15. The van der Waals surface area contributed by atoms with E-state index in [1.807, 2.05) is 11.8 Å². The van der Waals surface area contributed by atoms with Crippen LogP contribution in [0.4, 0.5) is 0 Å². The van der Waals surface area contributed by atoms with Crippen LogP contribution in [0.2, 0.25) is 0 Å². The van der Waals surface area contributed by atoms with E-state index in [0.717, 1.165) is 38.0 Å². The zero-order valence-electron chi connectivity index (χ0n) is 11.9. The number of hydrogen-bond acceptors (Lipinski definition) is 3. The standard InChI is InChI=1S/C14H27NO2S/c1-4-8-15-14(13(16)17)7-5-6-12(9-14)18-10-11(2)3/h11-12,15H,4-10H2,1-3H3,(H,16,17). The molecule has 0 aromatic carbocycles. The fourth-order valence-corrected chi connectivity index (χ4v) is 3.88. The number of carboxylic acid groups (broad SMARTS) is 1. The molecule has 2 N–H and O–H groups in total. The SMILES string of the molecule is CCCNC1(C(=O)O)CCCC(SCC(C)C)C1. The number of rotatable bonds is 7. The Labute approximate surface area is 115 Å². The Kier molecular flexibility index (Phi) is 6.50. The van der Waals surface area contributed by atoms with Gasteiger partial charge in [0.25, 0.3) is 0 Å². The maximum absolute atomic E-state index is 11.6. The number of aliphatic carboxylic acids is 1. The van der Waals surface area contributed by atoms with Crippen molar-refractivity contribution in [2.24, 2.45) is 5.92 Å². The van der Waals surface area contributed by atoms with Crippen LogP contribution in [-0.4, -0.2) is 34.2 Å². The smallest absolute Gasteiger partial charge is 0.323 e. The fourth-order valence-electron chi connectivity index (χ4n) is 2.49. The molecule has 1 aliphatic rings. The van der Waals surface area contributed by atoms with E-state index in [0.29, 0.717) is 11.2 Å². The Morgan fingerprint density at radius 1 is 1.56 bits per heavy atom. The summed E-state index contributed by atoms with van der Waals surface area (Å²) in [5.41, 5.74) is -0.664. The number of nitrogens with one attached hydrogen (secondary N) is 1. The van der Waals surface area contributed by atoms with Crippen LogP contribution >= 0.6 is 11.8 Å². The second-order valence-electron chi connectivity index (χ2n) is 5.76. The summed E-state index contributed by atoms with van der Waals surface area (Å²) in [6.07, 6.45) is 4.73. The minimum absolute atomic E-state index is 0.501. The molecular formula is C14H27NO2S. The third-order valence-electron chi connectivity index (χ3n) is 3.49. The molecule has 1 rings (SSSR count). The van der Waals surface area contributed by atoms with Gasteiger partial charge in [-0.2, -0.15) is 11.8 Å². The summed E-state index contributed by atoms with van der Waals surface area (Å²) in [6, 6.07) is 0. The second-order valence-corrected chi connectivity index (χ2v) is 7.09. The predicted octanol–water partition coefficient (Wildman–Crippen LogP) is 3.14. The van der Waals surface area contributed by atoms with Crippen LogP contribution in [-0.2, 0) is 4.79 Å². The van der Waals surface area contributed by atoms with Crippen LogP contribution in [0.25, 0.3) is 0 Å². The third kappa shape index (κ3) is 4.47. The largest absolute Gasteiger partial charge is 0.480 e.